The summed E-state index contributed by atoms with van der Waals surface area (Å²) in [5, 5.41) is 8.98. The third-order valence-electron chi connectivity index (χ3n) is 2.99. The molecule has 0 unspecified atom stereocenters. The van der Waals surface area contributed by atoms with Crippen LogP contribution in [0.5, 0.6) is 0 Å². The molecule has 0 radical (unpaired) electrons. The van der Waals surface area contributed by atoms with Crippen LogP contribution in [0.3, 0.4) is 0 Å². The van der Waals surface area contributed by atoms with Gasteiger partial charge >= 0.3 is 0 Å². The number of nitrogens with two attached hydrogens (primary N) is 1. The van der Waals surface area contributed by atoms with Crippen LogP contribution in [0.4, 0.5) is 17.1 Å². The summed E-state index contributed by atoms with van der Waals surface area (Å²) in [6.45, 7) is 2.05. The molecule has 0 spiro atoms. The maximum Gasteiger partial charge on any atom is 0.101 e. The number of hydrogen-bond donors (Lipinski definition) is 1. The summed E-state index contributed by atoms with van der Waals surface area (Å²) in [5.41, 5.74) is 10.1. The van der Waals surface area contributed by atoms with E-state index < -0.39 is 0 Å². The van der Waals surface area contributed by atoms with Crippen molar-refractivity contribution in [3.63, 3.8) is 0 Å². The van der Waals surface area contributed by atoms with E-state index in [1.807, 2.05) is 36.2 Å². The average molecular weight is 237 g/mol. The predicted octanol–water partition coefficient (Wildman–Crippen LogP) is 3.22. The zero-order chi connectivity index (χ0) is 13.1. The molecule has 3 heteroatoms. The Morgan fingerprint density at radius 2 is 1.78 bits per heavy atom. The third-order valence-corrected chi connectivity index (χ3v) is 2.99. The monoisotopic (exact) mass is 237 g/mol. The minimum absolute atomic E-state index is 0.506. The predicted molar refractivity (Wildman–Crippen MR) is 74.8 cm³/mol. The Kier molecular flexibility index (Phi) is 3.20. The van der Waals surface area contributed by atoms with Crippen LogP contribution in [0.1, 0.15) is 11.1 Å². The van der Waals surface area contributed by atoms with E-state index in [-0.39, 0.29) is 0 Å². The number of anilines is 3. The van der Waals surface area contributed by atoms with Crippen molar-refractivity contribution in [2.24, 2.45) is 0 Å². The molecule has 0 heterocycles. The van der Waals surface area contributed by atoms with E-state index in [0.29, 0.717) is 11.3 Å². The maximum absolute atomic E-state index is 8.98. The molecule has 0 aliphatic heterocycles. The van der Waals surface area contributed by atoms with Crippen LogP contribution >= 0.6 is 0 Å². The van der Waals surface area contributed by atoms with Gasteiger partial charge in [-0.2, -0.15) is 5.26 Å². The van der Waals surface area contributed by atoms with E-state index in [4.69, 9.17) is 11.0 Å². The highest BCUT2D eigenvalue weighted by Crippen LogP contribution is 2.30. The van der Waals surface area contributed by atoms with Gasteiger partial charge in [0.05, 0.1) is 16.9 Å². The van der Waals surface area contributed by atoms with E-state index >= 15 is 0 Å². The molecule has 2 rings (SSSR count). The lowest BCUT2D eigenvalue weighted by Crippen LogP contribution is -2.12. The summed E-state index contributed by atoms with van der Waals surface area (Å²) in [5.74, 6) is 0. The summed E-state index contributed by atoms with van der Waals surface area (Å²) in [6.07, 6.45) is 0. The first-order valence-electron chi connectivity index (χ1n) is 5.72. The molecule has 0 fully saturated rings. The molecule has 90 valence electrons. The van der Waals surface area contributed by atoms with E-state index in [0.717, 1.165) is 11.4 Å². The summed E-state index contributed by atoms with van der Waals surface area (Å²) in [4.78, 5) is 1.98. The first kappa shape index (κ1) is 12.0. The van der Waals surface area contributed by atoms with Crippen molar-refractivity contribution in [1.29, 1.82) is 5.26 Å². The van der Waals surface area contributed by atoms with Crippen LogP contribution in [0.15, 0.2) is 42.5 Å². The second kappa shape index (κ2) is 4.80. The molecule has 3 nitrogen and oxygen atoms in total. The fourth-order valence-electron chi connectivity index (χ4n) is 1.85. The highest BCUT2D eigenvalue weighted by atomic mass is 15.1. The maximum atomic E-state index is 8.98. The molecule has 0 aliphatic rings. The Bertz CT molecular complexity index is 594. The number of hydrogen-bond acceptors (Lipinski definition) is 3. The number of nitrogens with zero attached hydrogens (tertiary/aromatic N) is 2. The summed E-state index contributed by atoms with van der Waals surface area (Å²) in [7, 11) is 1.94. The third kappa shape index (κ3) is 2.14. The first-order valence-corrected chi connectivity index (χ1v) is 5.72. The lowest BCUT2D eigenvalue weighted by molar-refractivity contribution is 1.20. The Morgan fingerprint density at radius 3 is 2.39 bits per heavy atom. The molecule has 0 atom stereocenters. The van der Waals surface area contributed by atoms with Gasteiger partial charge < -0.3 is 10.6 Å². The highest BCUT2D eigenvalue weighted by molar-refractivity contribution is 5.78. The highest BCUT2D eigenvalue weighted by Gasteiger charge is 2.10. The Labute approximate surface area is 107 Å². The smallest absolute Gasteiger partial charge is 0.101 e. The zero-order valence-electron chi connectivity index (χ0n) is 10.5. The summed E-state index contributed by atoms with van der Waals surface area (Å²) in [6, 6.07) is 15.8. The minimum Gasteiger partial charge on any atom is -0.396 e. The number of para-hydroxylation sites is 1. The molecule has 0 bridgehead atoms. The fourth-order valence-corrected chi connectivity index (χ4v) is 1.85. The molecule has 18 heavy (non-hydrogen) atoms. The number of nitrogen functional groups attached to an aromatic ring is 1. The quantitative estimate of drug-likeness (QED) is 0.816. The second-order valence-corrected chi connectivity index (χ2v) is 4.24. The van der Waals surface area contributed by atoms with E-state index in [1.54, 1.807) is 6.07 Å². The van der Waals surface area contributed by atoms with Gasteiger partial charge in [0.15, 0.2) is 0 Å². The van der Waals surface area contributed by atoms with Crippen LogP contribution in [0.25, 0.3) is 0 Å². The first-order chi connectivity index (χ1) is 8.63. The summed E-state index contributed by atoms with van der Waals surface area (Å²) < 4.78 is 0. The molecule has 0 aliphatic carbocycles. The molecule has 0 saturated carbocycles. The minimum atomic E-state index is 0.506. The number of nitriles is 1. The van der Waals surface area contributed by atoms with Crippen molar-refractivity contribution < 1.29 is 0 Å². The lowest BCUT2D eigenvalue weighted by Gasteiger charge is -2.21. The van der Waals surface area contributed by atoms with Gasteiger partial charge in [0, 0.05) is 12.7 Å². The lowest BCUT2D eigenvalue weighted by atomic mass is 10.1. The molecule has 0 amide bonds. The second-order valence-electron chi connectivity index (χ2n) is 4.24. The number of rotatable bonds is 2. The molecule has 2 aromatic carbocycles. The number of benzene rings is 2. The zero-order valence-corrected chi connectivity index (χ0v) is 10.5. The molecular formula is C15H15N3. The van der Waals surface area contributed by atoms with Crippen molar-refractivity contribution >= 4 is 17.1 Å². The van der Waals surface area contributed by atoms with Gasteiger partial charge in [-0.25, -0.2) is 0 Å². The van der Waals surface area contributed by atoms with Gasteiger partial charge in [0.25, 0.3) is 0 Å². The van der Waals surface area contributed by atoms with Crippen LogP contribution in [-0.2, 0) is 0 Å². The Hall–Kier alpha value is -2.47. The normalized spacial score (nSPS) is 9.83. The molecule has 0 aromatic heterocycles. The van der Waals surface area contributed by atoms with Crippen LogP contribution < -0.4 is 10.6 Å². The Balaban J connectivity index is 2.43. The number of aryl methyl sites for hydroxylation is 1. The van der Waals surface area contributed by atoms with Gasteiger partial charge in [0.1, 0.15) is 6.07 Å². The Morgan fingerprint density at radius 1 is 1.11 bits per heavy atom. The van der Waals surface area contributed by atoms with Crippen molar-refractivity contribution in [2.45, 2.75) is 6.92 Å². The van der Waals surface area contributed by atoms with Crippen LogP contribution in [0.2, 0.25) is 0 Å². The van der Waals surface area contributed by atoms with Gasteiger partial charge in [-0.15, -0.1) is 0 Å². The SMILES string of the molecule is Cc1ccc(N(C)c2cccc(C#N)c2N)cc1. The van der Waals surface area contributed by atoms with Crippen molar-refractivity contribution in [3.05, 3.63) is 53.6 Å². The van der Waals surface area contributed by atoms with Gasteiger partial charge in [-0.3, -0.25) is 0 Å². The molecule has 2 aromatic rings. The topological polar surface area (TPSA) is 53.0 Å². The van der Waals surface area contributed by atoms with Gasteiger partial charge in [-0.05, 0) is 31.2 Å². The van der Waals surface area contributed by atoms with Crippen molar-refractivity contribution in [3.8, 4) is 6.07 Å². The molecule has 2 N–H and O–H groups in total. The van der Waals surface area contributed by atoms with Crippen molar-refractivity contribution in [1.82, 2.24) is 0 Å². The molecular weight excluding hydrogens is 222 g/mol. The average Bonchev–Trinajstić information content (AvgIpc) is 2.39. The summed E-state index contributed by atoms with van der Waals surface area (Å²) >= 11 is 0. The van der Waals surface area contributed by atoms with Crippen molar-refractivity contribution in [2.75, 3.05) is 17.7 Å². The van der Waals surface area contributed by atoms with Gasteiger partial charge in [-0.1, -0.05) is 23.8 Å². The van der Waals surface area contributed by atoms with E-state index in [9.17, 15) is 0 Å². The van der Waals surface area contributed by atoms with Gasteiger partial charge in [0.2, 0.25) is 0 Å². The molecule has 0 saturated heterocycles. The fraction of sp³-hybridized carbons (Fsp3) is 0.133. The van der Waals surface area contributed by atoms with Crippen LogP contribution in [-0.4, -0.2) is 7.05 Å². The van der Waals surface area contributed by atoms with Crippen LogP contribution in [0, 0.1) is 18.3 Å². The standard InChI is InChI=1S/C15H15N3/c1-11-6-8-13(9-7-11)18(2)14-5-3-4-12(10-16)15(14)17/h3-9H,17H2,1-2H3. The van der Waals surface area contributed by atoms with E-state index in [1.165, 1.54) is 5.56 Å². The van der Waals surface area contributed by atoms with E-state index in [2.05, 4.69) is 25.1 Å². The largest absolute Gasteiger partial charge is 0.396 e.